The van der Waals surface area contributed by atoms with Crippen molar-refractivity contribution in [2.75, 3.05) is 19.6 Å². The fourth-order valence-electron chi connectivity index (χ4n) is 3.91. The number of thioether (sulfide) groups is 1. The van der Waals surface area contributed by atoms with Crippen LogP contribution in [0.1, 0.15) is 26.6 Å². The molecule has 0 spiro atoms. The van der Waals surface area contributed by atoms with Gasteiger partial charge in [0.1, 0.15) is 12.4 Å². The summed E-state index contributed by atoms with van der Waals surface area (Å²) in [4.78, 5) is 45.6. The maximum atomic E-state index is 12.9. The molecule has 1 aromatic heterocycles. The molecule has 3 amide bonds. The number of morpholine rings is 1. The number of ether oxygens (including phenoxy) is 1. The Hall–Kier alpha value is -2.65. The van der Waals surface area contributed by atoms with Gasteiger partial charge in [0.25, 0.3) is 11.1 Å². The molecule has 8 nitrogen and oxygen atoms in total. The maximum Gasteiger partial charge on any atom is 0.294 e. The number of aryl methyl sites for hydroxylation is 1. The van der Waals surface area contributed by atoms with Crippen LogP contribution in [0, 0.1) is 0 Å². The minimum absolute atomic E-state index is 0.0745. The summed E-state index contributed by atoms with van der Waals surface area (Å²) in [6.07, 6.45) is 1.49. The van der Waals surface area contributed by atoms with Crippen LogP contribution in [0.5, 0.6) is 0 Å². The van der Waals surface area contributed by atoms with Gasteiger partial charge in [-0.05, 0) is 44.7 Å². The smallest absolute Gasteiger partial charge is 0.294 e. The van der Waals surface area contributed by atoms with Crippen molar-refractivity contribution in [1.29, 1.82) is 0 Å². The van der Waals surface area contributed by atoms with E-state index in [9.17, 15) is 14.4 Å². The molecule has 2 fully saturated rings. The SMILES string of the molecule is CCn1c(/C=C2\SC(=O)N(CC(=O)N3CC(C)OC(C)C3)C2=O)nc2ccccc21. The number of benzene rings is 1. The predicted octanol–water partition coefficient (Wildman–Crippen LogP) is 2.73. The van der Waals surface area contributed by atoms with Crippen molar-refractivity contribution in [3.05, 3.63) is 35.0 Å². The molecule has 0 N–H and O–H groups in total. The topological polar surface area (TPSA) is 84.7 Å². The molecule has 3 heterocycles. The Morgan fingerprint density at radius 3 is 2.63 bits per heavy atom. The molecular formula is C21H24N4O4S. The van der Waals surface area contributed by atoms with Gasteiger partial charge in [-0.25, -0.2) is 4.98 Å². The molecule has 1 aromatic carbocycles. The van der Waals surface area contributed by atoms with Gasteiger partial charge in [0.2, 0.25) is 5.91 Å². The first-order chi connectivity index (χ1) is 14.4. The van der Waals surface area contributed by atoms with Crippen molar-refractivity contribution in [3.8, 4) is 0 Å². The van der Waals surface area contributed by atoms with E-state index in [4.69, 9.17) is 4.74 Å². The van der Waals surface area contributed by atoms with Crippen LogP contribution < -0.4 is 0 Å². The first-order valence-electron chi connectivity index (χ1n) is 10.0. The summed E-state index contributed by atoms with van der Waals surface area (Å²) in [5, 5.41) is -0.437. The summed E-state index contributed by atoms with van der Waals surface area (Å²) in [6.45, 7) is 7.14. The number of imidazole rings is 1. The molecule has 30 heavy (non-hydrogen) atoms. The first kappa shape index (κ1) is 20.6. The number of hydrogen-bond acceptors (Lipinski definition) is 6. The molecule has 2 saturated heterocycles. The van der Waals surface area contributed by atoms with Gasteiger partial charge >= 0.3 is 0 Å². The fourth-order valence-corrected chi connectivity index (χ4v) is 4.71. The van der Waals surface area contributed by atoms with E-state index in [1.165, 1.54) is 0 Å². The van der Waals surface area contributed by atoms with Gasteiger partial charge in [0.15, 0.2) is 0 Å². The highest BCUT2D eigenvalue weighted by molar-refractivity contribution is 8.18. The molecule has 0 aliphatic carbocycles. The van der Waals surface area contributed by atoms with Gasteiger partial charge in [-0.2, -0.15) is 0 Å². The number of carbonyl (C=O) groups is 3. The van der Waals surface area contributed by atoms with E-state index in [1.807, 2.05) is 49.6 Å². The number of rotatable bonds is 4. The summed E-state index contributed by atoms with van der Waals surface area (Å²) in [6, 6.07) is 7.73. The minimum atomic E-state index is -0.456. The van der Waals surface area contributed by atoms with Crippen molar-refractivity contribution >= 4 is 45.9 Å². The second kappa shape index (κ2) is 8.23. The molecule has 2 aromatic rings. The summed E-state index contributed by atoms with van der Waals surface area (Å²) in [7, 11) is 0. The zero-order valence-electron chi connectivity index (χ0n) is 17.2. The van der Waals surface area contributed by atoms with Crippen molar-refractivity contribution in [2.45, 2.75) is 39.5 Å². The summed E-state index contributed by atoms with van der Waals surface area (Å²) >= 11 is 0.845. The standard InChI is InChI=1S/C21H24N4O4S/c1-4-24-16-8-6-5-7-15(16)22-18(24)9-17-20(27)25(21(28)30-17)12-19(26)23-10-13(2)29-14(3)11-23/h5-9,13-14H,4,10-12H2,1-3H3/b17-9-. The third-order valence-electron chi connectivity index (χ3n) is 5.20. The molecule has 2 aliphatic rings. The predicted molar refractivity (Wildman–Crippen MR) is 115 cm³/mol. The van der Waals surface area contributed by atoms with Crippen molar-refractivity contribution in [3.63, 3.8) is 0 Å². The maximum absolute atomic E-state index is 12.9. The van der Waals surface area contributed by atoms with Crippen LogP contribution in [0.2, 0.25) is 0 Å². The highest BCUT2D eigenvalue weighted by atomic mass is 32.2. The second-order valence-electron chi connectivity index (χ2n) is 7.53. The lowest BCUT2D eigenvalue weighted by Gasteiger charge is -2.35. The highest BCUT2D eigenvalue weighted by Gasteiger charge is 2.38. The van der Waals surface area contributed by atoms with Gasteiger partial charge in [-0.15, -0.1) is 0 Å². The molecule has 2 aliphatic heterocycles. The first-order valence-corrected chi connectivity index (χ1v) is 10.8. The van der Waals surface area contributed by atoms with E-state index in [1.54, 1.807) is 11.0 Å². The Morgan fingerprint density at radius 2 is 1.93 bits per heavy atom. The van der Waals surface area contributed by atoms with Crippen LogP contribution in [0.4, 0.5) is 4.79 Å². The van der Waals surface area contributed by atoms with E-state index in [2.05, 4.69) is 4.98 Å². The monoisotopic (exact) mass is 428 g/mol. The van der Waals surface area contributed by atoms with Crippen LogP contribution in [0.25, 0.3) is 17.1 Å². The molecule has 4 rings (SSSR count). The van der Waals surface area contributed by atoms with E-state index in [0.29, 0.717) is 25.5 Å². The number of nitrogens with zero attached hydrogens (tertiary/aromatic N) is 4. The molecule has 0 saturated carbocycles. The lowest BCUT2D eigenvalue weighted by molar-refractivity contribution is -0.145. The Morgan fingerprint density at radius 1 is 1.23 bits per heavy atom. The number of fused-ring (bicyclic) bond motifs is 1. The molecule has 2 unspecified atom stereocenters. The van der Waals surface area contributed by atoms with E-state index in [-0.39, 0.29) is 29.6 Å². The van der Waals surface area contributed by atoms with Crippen LogP contribution >= 0.6 is 11.8 Å². The third kappa shape index (κ3) is 3.87. The van der Waals surface area contributed by atoms with Gasteiger partial charge < -0.3 is 14.2 Å². The molecule has 0 radical (unpaired) electrons. The fraction of sp³-hybridized carbons (Fsp3) is 0.429. The summed E-state index contributed by atoms with van der Waals surface area (Å²) < 4.78 is 7.64. The van der Waals surface area contributed by atoms with Crippen molar-refractivity contribution in [1.82, 2.24) is 19.4 Å². The largest absolute Gasteiger partial charge is 0.372 e. The summed E-state index contributed by atoms with van der Waals surface area (Å²) in [5.41, 5.74) is 1.80. The molecule has 2 atom stereocenters. The minimum Gasteiger partial charge on any atom is -0.372 e. The Labute approximate surface area is 178 Å². The number of imide groups is 1. The van der Waals surface area contributed by atoms with Gasteiger partial charge in [0, 0.05) is 25.7 Å². The zero-order valence-corrected chi connectivity index (χ0v) is 18.0. The van der Waals surface area contributed by atoms with Crippen LogP contribution in [0.3, 0.4) is 0 Å². The molecule has 0 bridgehead atoms. The second-order valence-corrected chi connectivity index (χ2v) is 8.52. The number of amides is 3. The Bertz CT molecular complexity index is 1040. The van der Waals surface area contributed by atoms with Crippen LogP contribution in [-0.4, -0.2) is 68.2 Å². The van der Waals surface area contributed by atoms with Crippen LogP contribution in [0.15, 0.2) is 29.2 Å². The molecule has 158 valence electrons. The van der Waals surface area contributed by atoms with E-state index in [0.717, 1.165) is 27.7 Å². The lowest BCUT2D eigenvalue weighted by atomic mass is 10.2. The van der Waals surface area contributed by atoms with Gasteiger partial charge in [-0.3, -0.25) is 19.3 Å². The zero-order chi connectivity index (χ0) is 21.4. The molecular weight excluding hydrogens is 404 g/mol. The van der Waals surface area contributed by atoms with E-state index >= 15 is 0 Å². The van der Waals surface area contributed by atoms with E-state index < -0.39 is 11.1 Å². The van der Waals surface area contributed by atoms with Crippen LogP contribution in [-0.2, 0) is 20.9 Å². The lowest BCUT2D eigenvalue weighted by Crippen LogP contribution is -2.51. The Kier molecular flexibility index (Phi) is 5.66. The highest BCUT2D eigenvalue weighted by Crippen LogP contribution is 2.32. The Balaban J connectivity index is 1.54. The normalized spacial score (nSPS) is 23.8. The average Bonchev–Trinajstić information content (AvgIpc) is 3.18. The molecule has 9 heteroatoms. The van der Waals surface area contributed by atoms with Gasteiger partial charge in [0.05, 0.1) is 28.1 Å². The quantitative estimate of drug-likeness (QED) is 0.696. The summed E-state index contributed by atoms with van der Waals surface area (Å²) in [5.74, 6) is -0.0879. The number of aromatic nitrogens is 2. The van der Waals surface area contributed by atoms with Crippen molar-refractivity contribution in [2.24, 2.45) is 0 Å². The van der Waals surface area contributed by atoms with Gasteiger partial charge in [-0.1, -0.05) is 12.1 Å². The third-order valence-corrected chi connectivity index (χ3v) is 6.11. The average molecular weight is 429 g/mol. The number of hydrogen-bond donors (Lipinski definition) is 0. The number of para-hydroxylation sites is 2. The van der Waals surface area contributed by atoms with Crippen molar-refractivity contribution < 1.29 is 19.1 Å². The number of carbonyl (C=O) groups excluding carboxylic acids is 3.